The first-order valence-corrected chi connectivity index (χ1v) is 9.35. The zero-order valence-corrected chi connectivity index (χ0v) is 15.4. The molecule has 0 amide bonds. The number of rotatable bonds is 4. The summed E-state index contributed by atoms with van der Waals surface area (Å²) in [5.41, 5.74) is 0.699. The van der Waals surface area contributed by atoms with Gasteiger partial charge in [-0.3, -0.25) is 0 Å². The fourth-order valence-electron chi connectivity index (χ4n) is 3.67. The largest absolute Gasteiger partial charge is 0.465 e. The summed E-state index contributed by atoms with van der Waals surface area (Å²) in [6.45, 7) is 1.63. The van der Waals surface area contributed by atoms with Crippen LogP contribution in [-0.4, -0.2) is 39.6 Å². The molecule has 2 unspecified atom stereocenters. The molecule has 2 N–H and O–H groups in total. The molecule has 2 saturated heterocycles. The third-order valence-corrected chi connectivity index (χ3v) is 6.44. The number of ether oxygens (including phenoxy) is 1. The number of carbonyl (C=O) groups is 1. The number of halogens is 1. The average Bonchev–Trinajstić information content (AvgIpc) is 2.85. The Kier molecular flexibility index (Phi) is 5.91. The van der Waals surface area contributed by atoms with Gasteiger partial charge < -0.3 is 10.1 Å². The number of carbonyl (C=O) groups excluding carboxylic acids is 1. The SMILES string of the molecule is COC(=O)c1cccc(S(=O)(=O)NC2CC3CCC(C2)N3)c1C.Cl. The lowest BCUT2D eigenvalue weighted by atomic mass is 10.0. The third-order valence-electron chi connectivity index (χ3n) is 4.77. The maximum Gasteiger partial charge on any atom is 0.338 e. The molecule has 2 aliphatic heterocycles. The standard InChI is InChI=1S/C16H22N2O4S.ClH/c1-10-14(16(19)22-2)4-3-5-15(10)23(20,21)18-13-8-11-6-7-12(9-13)17-11;/h3-5,11-13,17-18H,6-9H2,1-2H3;1H. The van der Waals surface area contributed by atoms with E-state index >= 15 is 0 Å². The summed E-state index contributed by atoms with van der Waals surface area (Å²) < 4.78 is 33.0. The molecule has 2 aliphatic rings. The van der Waals surface area contributed by atoms with Gasteiger partial charge in [-0.1, -0.05) is 6.07 Å². The fraction of sp³-hybridized carbons (Fsp3) is 0.562. The molecular formula is C16H23ClN2O4S. The van der Waals surface area contributed by atoms with Crippen LogP contribution >= 0.6 is 12.4 Å². The van der Waals surface area contributed by atoms with Crippen molar-refractivity contribution in [3.63, 3.8) is 0 Å². The van der Waals surface area contributed by atoms with Gasteiger partial charge in [0.05, 0.1) is 17.6 Å². The van der Waals surface area contributed by atoms with Gasteiger partial charge in [-0.05, 0) is 50.3 Å². The van der Waals surface area contributed by atoms with Gasteiger partial charge in [-0.25, -0.2) is 17.9 Å². The Hall–Kier alpha value is -1.15. The van der Waals surface area contributed by atoms with Crippen molar-refractivity contribution in [3.8, 4) is 0 Å². The first kappa shape index (κ1) is 19.2. The summed E-state index contributed by atoms with van der Waals surface area (Å²) in [7, 11) is -2.38. The lowest BCUT2D eigenvalue weighted by Gasteiger charge is -2.29. The Morgan fingerprint density at radius 3 is 2.46 bits per heavy atom. The van der Waals surface area contributed by atoms with Gasteiger partial charge in [-0.2, -0.15) is 0 Å². The van der Waals surface area contributed by atoms with Gasteiger partial charge in [0.15, 0.2) is 0 Å². The normalized spacial score (nSPS) is 25.8. The van der Waals surface area contributed by atoms with Crippen molar-refractivity contribution in [1.82, 2.24) is 10.0 Å². The summed E-state index contributed by atoms with van der Waals surface area (Å²) >= 11 is 0. The maximum absolute atomic E-state index is 12.7. The lowest BCUT2D eigenvalue weighted by molar-refractivity contribution is 0.0599. The zero-order valence-electron chi connectivity index (χ0n) is 13.7. The third kappa shape index (κ3) is 3.74. The number of methoxy groups -OCH3 is 1. The van der Waals surface area contributed by atoms with Crippen LogP contribution in [0.2, 0.25) is 0 Å². The minimum atomic E-state index is -3.66. The molecule has 0 saturated carbocycles. The van der Waals surface area contributed by atoms with E-state index in [1.165, 1.54) is 13.2 Å². The second kappa shape index (κ2) is 7.39. The molecule has 24 heavy (non-hydrogen) atoms. The highest BCUT2D eigenvalue weighted by molar-refractivity contribution is 7.89. The van der Waals surface area contributed by atoms with Crippen LogP contribution in [-0.2, 0) is 14.8 Å². The van der Waals surface area contributed by atoms with Crippen LogP contribution < -0.4 is 10.0 Å². The zero-order chi connectivity index (χ0) is 16.6. The van der Waals surface area contributed by atoms with Gasteiger partial charge in [0.1, 0.15) is 0 Å². The molecule has 8 heteroatoms. The molecule has 0 aromatic heterocycles. The van der Waals surface area contributed by atoms with Crippen LogP contribution in [0.4, 0.5) is 0 Å². The molecule has 2 heterocycles. The molecule has 2 fully saturated rings. The Labute approximate surface area is 148 Å². The van der Waals surface area contributed by atoms with Crippen molar-refractivity contribution < 1.29 is 17.9 Å². The minimum Gasteiger partial charge on any atom is -0.465 e. The Balaban J connectivity index is 0.00000208. The van der Waals surface area contributed by atoms with Crippen LogP contribution in [0.5, 0.6) is 0 Å². The van der Waals surface area contributed by atoms with E-state index in [1.807, 2.05) is 0 Å². The topological polar surface area (TPSA) is 84.5 Å². The van der Waals surface area contributed by atoms with E-state index in [2.05, 4.69) is 10.0 Å². The van der Waals surface area contributed by atoms with Crippen molar-refractivity contribution in [3.05, 3.63) is 29.3 Å². The molecule has 3 rings (SSSR count). The Bertz CT molecular complexity index is 711. The van der Waals surface area contributed by atoms with Crippen LogP contribution in [0.1, 0.15) is 41.6 Å². The van der Waals surface area contributed by atoms with Gasteiger partial charge in [0.2, 0.25) is 10.0 Å². The number of hydrogen-bond donors (Lipinski definition) is 2. The maximum atomic E-state index is 12.7. The molecule has 2 bridgehead atoms. The Morgan fingerprint density at radius 2 is 1.88 bits per heavy atom. The number of fused-ring (bicyclic) bond motifs is 2. The molecule has 0 radical (unpaired) electrons. The van der Waals surface area contributed by atoms with E-state index in [0.29, 0.717) is 17.6 Å². The predicted molar refractivity (Wildman–Crippen MR) is 93.1 cm³/mol. The van der Waals surface area contributed by atoms with Crippen molar-refractivity contribution >= 4 is 28.4 Å². The molecule has 0 aliphatic carbocycles. The number of piperidine rings is 1. The summed E-state index contributed by atoms with van der Waals surface area (Å²) in [5, 5.41) is 3.49. The highest BCUT2D eigenvalue weighted by atomic mass is 35.5. The summed E-state index contributed by atoms with van der Waals surface area (Å²) in [4.78, 5) is 11.9. The van der Waals surface area contributed by atoms with E-state index in [4.69, 9.17) is 4.74 Å². The van der Waals surface area contributed by atoms with E-state index < -0.39 is 16.0 Å². The number of benzene rings is 1. The monoisotopic (exact) mass is 374 g/mol. The molecule has 1 aromatic carbocycles. The van der Waals surface area contributed by atoms with Gasteiger partial charge in [0.25, 0.3) is 0 Å². The number of esters is 1. The second-order valence-electron chi connectivity index (χ2n) is 6.35. The van der Waals surface area contributed by atoms with E-state index in [1.54, 1.807) is 19.1 Å². The number of hydrogen-bond acceptors (Lipinski definition) is 5. The number of nitrogens with one attached hydrogen (secondary N) is 2. The summed E-state index contributed by atoms with van der Waals surface area (Å²) in [5.74, 6) is -0.528. The van der Waals surface area contributed by atoms with Gasteiger partial charge in [-0.15, -0.1) is 12.4 Å². The smallest absolute Gasteiger partial charge is 0.338 e. The lowest BCUT2D eigenvalue weighted by Crippen LogP contribution is -2.48. The predicted octanol–water partition coefficient (Wildman–Crippen LogP) is 1.76. The van der Waals surface area contributed by atoms with Crippen LogP contribution in [0.25, 0.3) is 0 Å². The summed E-state index contributed by atoms with van der Waals surface area (Å²) in [6, 6.07) is 5.43. The summed E-state index contributed by atoms with van der Waals surface area (Å²) in [6.07, 6.45) is 3.84. The second-order valence-corrected chi connectivity index (χ2v) is 8.03. The average molecular weight is 375 g/mol. The van der Waals surface area contributed by atoms with E-state index in [9.17, 15) is 13.2 Å². The first-order valence-electron chi connectivity index (χ1n) is 7.87. The molecule has 6 nitrogen and oxygen atoms in total. The highest BCUT2D eigenvalue weighted by Crippen LogP contribution is 2.28. The van der Waals surface area contributed by atoms with Crippen molar-refractivity contribution in [2.45, 2.75) is 55.6 Å². The van der Waals surface area contributed by atoms with E-state index in [-0.39, 0.29) is 28.9 Å². The van der Waals surface area contributed by atoms with Crippen molar-refractivity contribution in [1.29, 1.82) is 0 Å². The molecule has 2 atom stereocenters. The highest BCUT2D eigenvalue weighted by Gasteiger charge is 2.35. The minimum absolute atomic E-state index is 0. The molecule has 0 spiro atoms. The van der Waals surface area contributed by atoms with Crippen LogP contribution in [0.15, 0.2) is 23.1 Å². The van der Waals surface area contributed by atoms with Crippen molar-refractivity contribution in [2.75, 3.05) is 7.11 Å². The van der Waals surface area contributed by atoms with Crippen molar-refractivity contribution in [2.24, 2.45) is 0 Å². The molecule has 134 valence electrons. The van der Waals surface area contributed by atoms with Gasteiger partial charge in [0, 0.05) is 18.1 Å². The molecule has 1 aromatic rings. The number of sulfonamides is 1. The van der Waals surface area contributed by atoms with Crippen LogP contribution in [0, 0.1) is 6.92 Å². The fourth-order valence-corrected chi connectivity index (χ4v) is 5.20. The molecular weight excluding hydrogens is 352 g/mol. The van der Waals surface area contributed by atoms with Crippen LogP contribution in [0.3, 0.4) is 0 Å². The van der Waals surface area contributed by atoms with Gasteiger partial charge >= 0.3 is 5.97 Å². The Morgan fingerprint density at radius 1 is 1.25 bits per heavy atom. The first-order chi connectivity index (χ1) is 10.9. The van der Waals surface area contributed by atoms with E-state index in [0.717, 1.165) is 25.7 Å². The quantitative estimate of drug-likeness (QED) is 0.784.